The molecule has 0 aliphatic heterocycles. The molecule has 0 bridgehead atoms. The quantitative estimate of drug-likeness (QED) is 0.656. The van der Waals surface area contributed by atoms with Crippen LogP contribution in [0.2, 0.25) is 5.02 Å². The number of nitro groups is 1. The first kappa shape index (κ1) is 12.1. The van der Waals surface area contributed by atoms with Crippen molar-refractivity contribution in [3.8, 4) is 0 Å². The van der Waals surface area contributed by atoms with E-state index in [1.807, 2.05) is 0 Å². The molecule has 0 atom stereocenters. The van der Waals surface area contributed by atoms with Gasteiger partial charge < -0.3 is 11.1 Å². The lowest BCUT2D eigenvalue weighted by atomic mass is 10.3. The van der Waals surface area contributed by atoms with E-state index in [2.05, 4.69) is 10.3 Å². The van der Waals surface area contributed by atoms with E-state index in [4.69, 9.17) is 17.3 Å². The molecule has 0 aliphatic carbocycles. The van der Waals surface area contributed by atoms with Crippen LogP contribution in [0.25, 0.3) is 0 Å². The molecule has 18 heavy (non-hydrogen) atoms. The van der Waals surface area contributed by atoms with Gasteiger partial charge in [0.25, 0.3) is 0 Å². The minimum absolute atomic E-state index is 0.0631. The van der Waals surface area contributed by atoms with Crippen LogP contribution < -0.4 is 11.1 Å². The molecule has 0 fully saturated rings. The summed E-state index contributed by atoms with van der Waals surface area (Å²) >= 11 is 5.95. The van der Waals surface area contributed by atoms with Crippen molar-refractivity contribution in [3.63, 3.8) is 0 Å². The molecule has 1 aromatic heterocycles. The monoisotopic (exact) mass is 264 g/mol. The lowest BCUT2D eigenvalue weighted by molar-refractivity contribution is -0.384. The highest BCUT2D eigenvalue weighted by molar-refractivity contribution is 6.33. The van der Waals surface area contributed by atoms with Crippen molar-refractivity contribution in [2.75, 3.05) is 11.1 Å². The molecular formula is C11H9ClN4O2. The van der Waals surface area contributed by atoms with E-state index in [1.54, 1.807) is 24.3 Å². The first-order valence-corrected chi connectivity index (χ1v) is 5.38. The number of rotatable bonds is 3. The normalized spacial score (nSPS) is 10.1. The van der Waals surface area contributed by atoms with Crippen molar-refractivity contribution in [3.05, 3.63) is 51.5 Å². The second-order valence-electron chi connectivity index (χ2n) is 3.47. The van der Waals surface area contributed by atoms with Crippen LogP contribution in [0.15, 0.2) is 36.4 Å². The Hall–Kier alpha value is -2.34. The van der Waals surface area contributed by atoms with E-state index < -0.39 is 4.92 Å². The number of aromatic nitrogens is 1. The Morgan fingerprint density at radius 3 is 2.67 bits per heavy atom. The molecule has 1 heterocycles. The Kier molecular flexibility index (Phi) is 3.29. The van der Waals surface area contributed by atoms with Gasteiger partial charge in [0.15, 0.2) is 0 Å². The van der Waals surface area contributed by atoms with Crippen molar-refractivity contribution in [1.29, 1.82) is 0 Å². The highest BCUT2D eigenvalue weighted by atomic mass is 35.5. The van der Waals surface area contributed by atoms with Gasteiger partial charge in [-0.3, -0.25) is 10.1 Å². The second kappa shape index (κ2) is 4.89. The number of hydrogen-bond acceptors (Lipinski definition) is 5. The predicted molar refractivity (Wildman–Crippen MR) is 70.0 cm³/mol. The number of benzene rings is 1. The fourth-order valence-corrected chi connectivity index (χ4v) is 1.58. The molecule has 0 amide bonds. The standard InChI is InChI=1S/C11H9ClN4O2/c12-7-3-1-2-4-8(7)14-11-9(16(17)18)5-6-10(13)15-11/h1-6H,(H3,13,14,15). The van der Waals surface area contributed by atoms with Gasteiger partial charge in [0, 0.05) is 6.07 Å². The van der Waals surface area contributed by atoms with Gasteiger partial charge in [0.2, 0.25) is 5.82 Å². The largest absolute Gasteiger partial charge is 0.384 e. The maximum atomic E-state index is 10.9. The number of pyridine rings is 1. The van der Waals surface area contributed by atoms with Crippen molar-refractivity contribution < 1.29 is 4.92 Å². The second-order valence-corrected chi connectivity index (χ2v) is 3.87. The predicted octanol–water partition coefficient (Wildman–Crippen LogP) is 2.97. The number of nitrogen functional groups attached to an aromatic ring is 1. The number of halogens is 1. The zero-order valence-corrected chi connectivity index (χ0v) is 9.89. The summed E-state index contributed by atoms with van der Waals surface area (Å²) in [6.07, 6.45) is 0. The van der Waals surface area contributed by atoms with Crippen LogP contribution in [-0.4, -0.2) is 9.91 Å². The minimum Gasteiger partial charge on any atom is -0.384 e. The minimum atomic E-state index is -0.536. The third-order valence-corrected chi connectivity index (χ3v) is 2.55. The van der Waals surface area contributed by atoms with Crippen molar-refractivity contribution in [2.45, 2.75) is 0 Å². The topological polar surface area (TPSA) is 94.1 Å². The molecule has 92 valence electrons. The van der Waals surface area contributed by atoms with E-state index in [-0.39, 0.29) is 17.3 Å². The number of nitrogens with one attached hydrogen (secondary N) is 1. The average Bonchev–Trinajstić information content (AvgIpc) is 2.32. The summed E-state index contributed by atoms with van der Waals surface area (Å²) in [5, 5.41) is 14.1. The Morgan fingerprint density at radius 1 is 1.28 bits per heavy atom. The van der Waals surface area contributed by atoms with Crippen LogP contribution in [0.1, 0.15) is 0 Å². The maximum absolute atomic E-state index is 10.9. The molecule has 0 unspecified atom stereocenters. The Bertz CT molecular complexity index is 603. The van der Waals surface area contributed by atoms with Gasteiger partial charge >= 0.3 is 5.69 Å². The summed E-state index contributed by atoms with van der Waals surface area (Å²) in [5.74, 6) is 0.253. The van der Waals surface area contributed by atoms with Crippen LogP contribution in [0.4, 0.5) is 23.0 Å². The molecule has 2 rings (SSSR count). The summed E-state index contributed by atoms with van der Waals surface area (Å²) in [6.45, 7) is 0. The number of nitrogens with zero attached hydrogens (tertiary/aromatic N) is 2. The SMILES string of the molecule is Nc1ccc([N+](=O)[O-])c(Nc2ccccc2Cl)n1. The Labute approximate surface area is 108 Å². The molecule has 2 aromatic rings. The van der Waals surface area contributed by atoms with Crippen molar-refractivity contribution in [1.82, 2.24) is 4.98 Å². The van der Waals surface area contributed by atoms with Gasteiger partial charge in [-0.2, -0.15) is 0 Å². The van der Waals surface area contributed by atoms with E-state index in [0.29, 0.717) is 10.7 Å². The summed E-state index contributed by atoms with van der Waals surface area (Å²) in [7, 11) is 0. The van der Waals surface area contributed by atoms with Gasteiger partial charge in [-0.25, -0.2) is 4.98 Å². The Morgan fingerprint density at radius 2 is 2.00 bits per heavy atom. The lowest BCUT2D eigenvalue weighted by Gasteiger charge is -2.08. The van der Waals surface area contributed by atoms with Crippen LogP contribution >= 0.6 is 11.6 Å². The third-order valence-electron chi connectivity index (χ3n) is 2.22. The van der Waals surface area contributed by atoms with E-state index in [9.17, 15) is 10.1 Å². The summed E-state index contributed by atoms with van der Waals surface area (Å²) in [6, 6.07) is 9.54. The first-order chi connectivity index (χ1) is 8.58. The van der Waals surface area contributed by atoms with E-state index in [0.717, 1.165) is 0 Å². The van der Waals surface area contributed by atoms with Crippen LogP contribution in [0, 0.1) is 10.1 Å². The average molecular weight is 265 g/mol. The summed E-state index contributed by atoms with van der Waals surface area (Å²) in [4.78, 5) is 14.2. The molecule has 0 radical (unpaired) electrons. The highest BCUT2D eigenvalue weighted by Crippen LogP contribution is 2.29. The first-order valence-electron chi connectivity index (χ1n) is 5.00. The zero-order valence-electron chi connectivity index (χ0n) is 9.13. The molecule has 0 aliphatic rings. The van der Waals surface area contributed by atoms with Gasteiger partial charge in [-0.1, -0.05) is 23.7 Å². The third kappa shape index (κ3) is 2.49. The van der Waals surface area contributed by atoms with Gasteiger partial charge in [0.05, 0.1) is 15.6 Å². The molecule has 7 heteroatoms. The van der Waals surface area contributed by atoms with Crippen LogP contribution in [0.3, 0.4) is 0 Å². The maximum Gasteiger partial charge on any atom is 0.311 e. The van der Waals surface area contributed by atoms with Crippen molar-refractivity contribution >= 4 is 34.6 Å². The molecule has 0 saturated carbocycles. The van der Waals surface area contributed by atoms with Crippen molar-refractivity contribution in [2.24, 2.45) is 0 Å². The van der Waals surface area contributed by atoms with E-state index in [1.165, 1.54) is 12.1 Å². The van der Waals surface area contributed by atoms with Gasteiger partial charge in [0.1, 0.15) is 5.82 Å². The lowest BCUT2D eigenvalue weighted by Crippen LogP contribution is -2.02. The fourth-order valence-electron chi connectivity index (χ4n) is 1.40. The fraction of sp³-hybridized carbons (Fsp3) is 0. The molecule has 3 N–H and O–H groups in total. The molecule has 6 nitrogen and oxygen atoms in total. The van der Waals surface area contributed by atoms with Crippen LogP contribution in [-0.2, 0) is 0 Å². The van der Waals surface area contributed by atoms with E-state index >= 15 is 0 Å². The number of nitrogens with two attached hydrogens (primary N) is 1. The number of hydrogen-bond donors (Lipinski definition) is 2. The Balaban J connectivity index is 2.42. The highest BCUT2D eigenvalue weighted by Gasteiger charge is 2.16. The molecule has 0 spiro atoms. The smallest absolute Gasteiger partial charge is 0.311 e. The molecule has 1 aromatic carbocycles. The number of para-hydroxylation sites is 1. The molecule has 0 saturated heterocycles. The zero-order chi connectivity index (χ0) is 13.1. The van der Waals surface area contributed by atoms with Gasteiger partial charge in [-0.15, -0.1) is 0 Å². The van der Waals surface area contributed by atoms with Gasteiger partial charge in [-0.05, 0) is 18.2 Å². The summed E-state index contributed by atoms with van der Waals surface area (Å²) < 4.78 is 0. The number of anilines is 3. The summed E-state index contributed by atoms with van der Waals surface area (Å²) in [5.41, 5.74) is 5.88. The molecular weight excluding hydrogens is 256 g/mol. The van der Waals surface area contributed by atoms with Crippen LogP contribution in [0.5, 0.6) is 0 Å².